The van der Waals surface area contributed by atoms with E-state index in [4.69, 9.17) is 14.2 Å². The number of methoxy groups -OCH3 is 2. The Morgan fingerprint density at radius 1 is 1.02 bits per heavy atom. The van der Waals surface area contributed by atoms with E-state index in [2.05, 4.69) is 45.0 Å². The third-order valence-corrected chi connectivity index (χ3v) is 8.27. The Morgan fingerprint density at radius 3 is 2.45 bits per heavy atom. The van der Waals surface area contributed by atoms with Gasteiger partial charge in [-0.05, 0) is 101 Å². The Bertz CT molecular complexity index is 1390. The molecular formula is C34H39FO5. The molecule has 0 radical (unpaired) electrons. The van der Waals surface area contributed by atoms with E-state index in [1.807, 2.05) is 12.1 Å². The highest BCUT2D eigenvalue weighted by atomic mass is 19.1. The summed E-state index contributed by atoms with van der Waals surface area (Å²) in [6, 6.07) is 17.1. The molecule has 0 spiro atoms. The molecular weight excluding hydrogens is 507 g/mol. The summed E-state index contributed by atoms with van der Waals surface area (Å²) in [6.45, 7) is 6.34. The van der Waals surface area contributed by atoms with Gasteiger partial charge < -0.3 is 19.3 Å². The van der Waals surface area contributed by atoms with E-state index in [0.717, 1.165) is 59.3 Å². The Balaban J connectivity index is 1.52. The van der Waals surface area contributed by atoms with Crippen LogP contribution in [-0.2, 0) is 16.0 Å². The van der Waals surface area contributed by atoms with Crippen molar-refractivity contribution in [3.8, 4) is 22.6 Å². The maximum atomic E-state index is 15.1. The van der Waals surface area contributed by atoms with Crippen LogP contribution in [0.25, 0.3) is 11.1 Å². The van der Waals surface area contributed by atoms with E-state index in [0.29, 0.717) is 17.2 Å². The second-order valence-electron chi connectivity index (χ2n) is 12.2. The SMILES string of the molecule is COc1ccc(F)c(-c2ccc(C3CCc4ccc(C(CC(=O)O)C5CC5)cc4O3)cc2C(OC)C(C)(C)C)c1. The van der Waals surface area contributed by atoms with Gasteiger partial charge in [-0.1, -0.05) is 45.0 Å². The third-order valence-electron chi connectivity index (χ3n) is 8.27. The van der Waals surface area contributed by atoms with E-state index < -0.39 is 5.97 Å². The molecule has 40 heavy (non-hydrogen) atoms. The van der Waals surface area contributed by atoms with E-state index in [1.54, 1.807) is 26.4 Å². The van der Waals surface area contributed by atoms with Gasteiger partial charge >= 0.3 is 5.97 Å². The average molecular weight is 547 g/mol. The first-order chi connectivity index (χ1) is 19.1. The van der Waals surface area contributed by atoms with Gasteiger partial charge in [-0.25, -0.2) is 4.39 Å². The van der Waals surface area contributed by atoms with Gasteiger partial charge in [0.15, 0.2) is 0 Å². The lowest BCUT2D eigenvalue weighted by atomic mass is 9.80. The smallest absolute Gasteiger partial charge is 0.303 e. The number of carboxylic acids is 1. The molecule has 6 heteroatoms. The van der Waals surface area contributed by atoms with E-state index in [1.165, 1.54) is 6.07 Å². The van der Waals surface area contributed by atoms with Gasteiger partial charge in [-0.15, -0.1) is 0 Å². The molecule has 3 aromatic carbocycles. The van der Waals surface area contributed by atoms with Crippen molar-refractivity contribution in [1.82, 2.24) is 0 Å². The Hall–Kier alpha value is -3.38. The molecule has 2 aliphatic rings. The minimum absolute atomic E-state index is 0.0182. The van der Waals surface area contributed by atoms with Crippen molar-refractivity contribution in [3.05, 3.63) is 82.7 Å². The summed E-state index contributed by atoms with van der Waals surface area (Å²) >= 11 is 0. The number of halogens is 1. The van der Waals surface area contributed by atoms with Gasteiger partial charge in [0, 0.05) is 12.7 Å². The zero-order valence-electron chi connectivity index (χ0n) is 24.0. The molecule has 0 aromatic heterocycles. The molecule has 1 N–H and O–H groups in total. The summed E-state index contributed by atoms with van der Waals surface area (Å²) in [5.41, 5.74) is 5.09. The molecule has 0 amide bonds. The van der Waals surface area contributed by atoms with E-state index in [9.17, 15) is 9.90 Å². The van der Waals surface area contributed by atoms with Crippen LogP contribution >= 0.6 is 0 Å². The highest BCUT2D eigenvalue weighted by molar-refractivity contribution is 5.71. The van der Waals surface area contributed by atoms with Crippen LogP contribution in [0.3, 0.4) is 0 Å². The van der Waals surface area contributed by atoms with Crippen molar-refractivity contribution in [2.75, 3.05) is 14.2 Å². The van der Waals surface area contributed by atoms with Crippen LogP contribution in [0, 0.1) is 17.2 Å². The summed E-state index contributed by atoms with van der Waals surface area (Å²) in [5, 5.41) is 9.48. The van der Waals surface area contributed by atoms with Crippen LogP contribution < -0.4 is 9.47 Å². The monoisotopic (exact) mass is 546 g/mol. The lowest BCUT2D eigenvalue weighted by molar-refractivity contribution is -0.137. The first-order valence-corrected chi connectivity index (χ1v) is 14.1. The van der Waals surface area contributed by atoms with Gasteiger partial charge in [-0.3, -0.25) is 4.79 Å². The second kappa shape index (κ2) is 11.2. The zero-order chi connectivity index (χ0) is 28.6. The minimum Gasteiger partial charge on any atom is -0.497 e. The molecule has 1 aliphatic heterocycles. The van der Waals surface area contributed by atoms with Crippen molar-refractivity contribution in [2.45, 2.75) is 71.0 Å². The van der Waals surface area contributed by atoms with Gasteiger partial charge in [0.1, 0.15) is 23.4 Å². The molecule has 1 heterocycles. The largest absolute Gasteiger partial charge is 0.497 e. The number of carboxylic acid groups (broad SMARTS) is 1. The van der Waals surface area contributed by atoms with Crippen LogP contribution in [-0.4, -0.2) is 25.3 Å². The number of rotatable bonds is 9. The fourth-order valence-electron chi connectivity index (χ4n) is 6.12. The maximum absolute atomic E-state index is 15.1. The normalized spacial score (nSPS) is 18.4. The van der Waals surface area contributed by atoms with Crippen molar-refractivity contribution in [1.29, 1.82) is 0 Å². The number of hydrogen-bond donors (Lipinski definition) is 1. The number of hydrogen-bond acceptors (Lipinski definition) is 4. The third kappa shape index (κ3) is 5.87. The predicted octanol–water partition coefficient (Wildman–Crippen LogP) is 8.27. The number of benzene rings is 3. The molecule has 5 nitrogen and oxygen atoms in total. The highest BCUT2D eigenvalue weighted by Crippen LogP contribution is 2.47. The van der Waals surface area contributed by atoms with Crippen molar-refractivity contribution >= 4 is 5.97 Å². The molecule has 3 atom stereocenters. The molecule has 3 aromatic rings. The standard InChI is InChI=1S/C34H39FO5/c1-34(2,3)33(39-5)28-16-23(10-13-25(28)27-18-24(38-4)12-14-29(27)35)30-15-11-21-8-9-22(17-31(21)40-30)26(19-32(36)37)20-6-7-20/h8-10,12-14,16-18,20,26,30,33H,6-7,11,15,19H2,1-5H3,(H,36,37). The molecule has 1 saturated carbocycles. The summed E-state index contributed by atoms with van der Waals surface area (Å²) in [5.74, 6) is 0.786. The summed E-state index contributed by atoms with van der Waals surface area (Å²) in [7, 11) is 3.27. The molecule has 0 bridgehead atoms. The molecule has 1 fully saturated rings. The van der Waals surface area contributed by atoms with Crippen LogP contribution in [0.15, 0.2) is 54.6 Å². The maximum Gasteiger partial charge on any atom is 0.303 e. The lowest BCUT2D eigenvalue weighted by Gasteiger charge is -2.33. The average Bonchev–Trinajstić information content (AvgIpc) is 3.76. The number of fused-ring (bicyclic) bond motifs is 1. The fourth-order valence-corrected chi connectivity index (χ4v) is 6.12. The molecule has 5 rings (SSSR count). The van der Waals surface area contributed by atoms with Gasteiger partial charge in [-0.2, -0.15) is 0 Å². The summed E-state index contributed by atoms with van der Waals surface area (Å²) in [6.07, 6.45) is 3.51. The van der Waals surface area contributed by atoms with Crippen molar-refractivity contribution in [3.63, 3.8) is 0 Å². The van der Waals surface area contributed by atoms with Crippen LogP contribution in [0.2, 0.25) is 0 Å². The Kier molecular flexibility index (Phi) is 7.92. The molecule has 1 aliphatic carbocycles. The van der Waals surface area contributed by atoms with Crippen molar-refractivity contribution in [2.24, 2.45) is 11.3 Å². The summed E-state index contributed by atoms with van der Waals surface area (Å²) in [4.78, 5) is 11.5. The van der Waals surface area contributed by atoms with Crippen LogP contribution in [0.5, 0.6) is 11.5 Å². The quantitative estimate of drug-likeness (QED) is 0.293. The number of aryl methyl sites for hydroxylation is 1. The predicted molar refractivity (Wildman–Crippen MR) is 153 cm³/mol. The Morgan fingerprint density at radius 2 is 1.80 bits per heavy atom. The van der Waals surface area contributed by atoms with E-state index >= 15 is 4.39 Å². The van der Waals surface area contributed by atoms with Crippen molar-refractivity contribution < 1.29 is 28.5 Å². The highest BCUT2D eigenvalue weighted by Gasteiger charge is 2.35. The molecule has 0 saturated heterocycles. The molecule has 212 valence electrons. The van der Waals surface area contributed by atoms with Gasteiger partial charge in [0.25, 0.3) is 0 Å². The van der Waals surface area contributed by atoms with E-state index in [-0.39, 0.29) is 35.8 Å². The minimum atomic E-state index is -0.764. The lowest BCUT2D eigenvalue weighted by Crippen LogP contribution is -2.22. The van der Waals surface area contributed by atoms with Crippen LogP contribution in [0.1, 0.15) is 86.8 Å². The second-order valence-corrected chi connectivity index (χ2v) is 12.2. The first kappa shape index (κ1) is 28.2. The fraction of sp³-hybridized carbons (Fsp3) is 0.441. The number of carbonyl (C=O) groups is 1. The zero-order valence-corrected chi connectivity index (χ0v) is 24.0. The first-order valence-electron chi connectivity index (χ1n) is 14.1. The van der Waals surface area contributed by atoms with Crippen LogP contribution in [0.4, 0.5) is 4.39 Å². The topological polar surface area (TPSA) is 65.0 Å². The summed E-state index contributed by atoms with van der Waals surface area (Å²) < 4.78 is 33.1. The number of aliphatic carboxylic acids is 1. The molecule has 3 unspecified atom stereocenters. The Labute approximate surface area is 236 Å². The van der Waals surface area contributed by atoms with Gasteiger partial charge in [0.05, 0.1) is 19.6 Å². The number of ether oxygens (including phenoxy) is 3. The van der Waals surface area contributed by atoms with Gasteiger partial charge in [0.2, 0.25) is 0 Å².